The largest absolute Gasteiger partial charge is 0.425 e. The fourth-order valence-corrected chi connectivity index (χ4v) is 2.08. The molecule has 0 aliphatic heterocycles. The maximum absolute atomic E-state index is 11.4. The summed E-state index contributed by atoms with van der Waals surface area (Å²) in [4.78, 5) is 11.2. The number of amidine groups is 1. The van der Waals surface area contributed by atoms with E-state index in [2.05, 4.69) is 9.71 Å². The molecule has 0 atom stereocenters. The summed E-state index contributed by atoms with van der Waals surface area (Å²) in [5.74, 6) is -0.187. The minimum absolute atomic E-state index is 0.236. The molecule has 7 nitrogen and oxygen atoms in total. The first-order valence-corrected chi connectivity index (χ1v) is 8.38. The average Bonchev–Trinajstić information content (AvgIpc) is 2.46. The number of amides is 1. The van der Waals surface area contributed by atoms with Gasteiger partial charge in [-0.2, -0.15) is 0 Å². The molecule has 120 valence electrons. The molecular weight excluding hydrogens is 318 g/mol. The highest BCUT2D eigenvalue weighted by Gasteiger charge is 2.09. The number of benzene rings is 2. The number of carbonyl (C=O) groups excluding carboxylic acids is 1. The van der Waals surface area contributed by atoms with Crippen LogP contribution in [0.4, 0.5) is 5.69 Å². The average molecular weight is 333 g/mol. The summed E-state index contributed by atoms with van der Waals surface area (Å²) in [5.41, 5.74) is 5.90. The van der Waals surface area contributed by atoms with Crippen molar-refractivity contribution in [2.24, 2.45) is 10.1 Å². The summed E-state index contributed by atoms with van der Waals surface area (Å²) in [6.07, 6.45) is 0.947. The predicted octanol–water partition coefficient (Wildman–Crippen LogP) is 1.59. The Labute approximate surface area is 133 Å². The summed E-state index contributed by atoms with van der Waals surface area (Å²) in [6, 6.07) is 14.6. The maximum atomic E-state index is 11.4. The lowest BCUT2D eigenvalue weighted by atomic mass is 10.2. The lowest BCUT2D eigenvalue weighted by molar-refractivity contribution is 0.100. The van der Waals surface area contributed by atoms with Crippen molar-refractivity contribution in [3.05, 3.63) is 60.2 Å². The van der Waals surface area contributed by atoms with Gasteiger partial charge < -0.3 is 15.8 Å². The molecular formula is C15H15N3O4S. The van der Waals surface area contributed by atoms with E-state index in [4.69, 9.17) is 10.5 Å². The van der Waals surface area contributed by atoms with Gasteiger partial charge in [0.15, 0.2) is 0 Å². The van der Waals surface area contributed by atoms with Crippen molar-refractivity contribution in [2.45, 2.75) is 0 Å². The number of rotatable bonds is 4. The van der Waals surface area contributed by atoms with Crippen LogP contribution >= 0.6 is 0 Å². The molecule has 0 aliphatic rings. The first-order valence-electron chi connectivity index (χ1n) is 6.53. The summed E-state index contributed by atoms with van der Waals surface area (Å²) < 4.78 is 31.8. The van der Waals surface area contributed by atoms with Gasteiger partial charge in [0.2, 0.25) is 5.91 Å². The Kier molecular flexibility index (Phi) is 4.97. The smallest absolute Gasteiger partial charge is 0.310 e. The van der Waals surface area contributed by atoms with Crippen molar-refractivity contribution in [2.75, 3.05) is 11.6 Å². The monoisotopic (exact) mass is 333 g/mol. The molecule has 0 aliphatic carbocycles. The van der Waals surface area contributed by atoms with Gasteiger partial charge in [-0.05, 0) is 30.3 Å². The van der Waals surface area contributed by atoms with Crippen molar-refractivity contribution in [1.82, 2.24) is 0 Å². The fourth-order valence-electron chi connectivity index (χ4n) is 1.69. The molecule has 0 saturated carbocycles. The zero-order chi connectivity index (χ0) is 16.9. The molecule has 0 aromatic heterocycles. The number of carbonyl (C=O) groups is 1. The number of hydrogen-bond acceptors (Lipinski definition) is 4. The lowest BCUT2D eigenvalue weighted by Crippen LogP contribution is -2.21. The molecule has 23 heavy (non-hydrogen) atoms. The van der Waals surface area contributed by atoms with Crippen LogP contribution in [-0.4, -0.2) is 26.6 Å². The summed E-state index contributed by atoms with van der Waals surface area (Å²) >= 11 is 0. The Morgan fingerprint density at radius 3 is 2.43 bits per heavy atom. The molecule has 0 spiro atoms. The predicted molar refractivity (Wildman–Crippen MR) is 87.9 cm³/mol. The highest BCUT2D eigenvalue weighted by atomic mass is 32.2. The topological polar surface area (TPSA) is 111 Å². The molecule has 3 N–H and O–H groups in total. The fraction of sp³-hybridized carbons (Fsp3) is 0.0667. The third-order valence-corrected chi connectivity index (χ3v) is 3.10. The molecule has 1 amide bonds. The van der Waals surface area contributed by atoms with Gasteiger partial charge in [0.05, 0.1) is 6.26 Å². The van der Waals surface area contributed by atoms with Crippen molar-refractivity contribution >= 4 is 27.6 Å². The van der Waals surface area contributed by atoms with Gasteiger partial charge in [0.25, 0.3) is 10.0 Å². The van der Waals surface area contributed by atoms with Crippen LogP contribution in [0.5, 0.6) is 5.75 Å². The molecule has 0 radical (unpaired) electrons. The number of nitrogens with one attached hydrogen (secondary N) is 1. The van der Waals surface area contributed by atoms with Crippen molar-refractivity contribution < 1.29 is 17.9 Å². The van der Waals surface area contributed by atoms with Crippen LogP contribution in [0.3, 0.4) is 0 Å². The normalized spacial score (nSPS) is 11.8. The van der Waals surface area contributed by atoms with Crippen LogP contribution in [0.15, 0.2) is 59.0 Å². The second-order valence-corrected chi connectivity index (χ2v) is 6.26. The second-order valence-electron chi connectivity index (χ2n) is 4.61. The number of hydrogen-bond donors (Lipinski definition) is 2. The summed E-state index contributed by atoms with van der Waals surface area (Å²) in [5, 5.41) is 2.72. The Bertz CT molecular complexity index is 833. The zero-order valence-corrected chi connectivity index (χ0v) is 13.1. The van der Waals surface area contributed by atoms with Gasteiger partial charge in [-0.15, -0.1) is 4.40 Å². The number of anilines is 1. The Morgan fingerprint density at radius 2 is 1.83 bits per heavy atom. The van der Waals surface area contributed by atoms with Crippen molar-refractivity contribution in [3.8, 4) is 5.75 Å². The minimum atomic E-state index is -3.68. The van der Waals surface area contributed by atoms with Gasteiger partial charge in [0, 0.05) is 11.3 Å². The van der Waals surface area contributed by atoms with Crippen LogP contribution in [0.25, 0.3) is 0 Å². The summed E-state index contributed by atoms with van der Waals surface area (Å²) in [7, 11) is -3.68. The van der Waals surface area contributed by atoms with Crippen molar-refractivity contribution in [3.63, 3.8) is 0 Å². The standard InChI is InChI=1S/C15H15N3O4S/c1-23(20,21)18-15(22-13-8-3-2-4-9-13)17-12-7-5-6-11(10-12)14(16)19/h2-10H,1H3,(H2,16,19)(H,17,18). The SMILES string of the molecule is CS(=O)(=O)N=C(Nc1cccc(C(N)=O)c1)Oc1ccccc1. The van der Waals surface area contributed by atoms with Gasteiger partial charge in [-0.3, -0.25) is 4.79 Å². The van der Waals surface area contributed by atoms with E-state index in [1.54, 1.807) is 48.5 Å². The van der Waals surface area contributed by atoms with E-state index in [1.165, 1.54) is 6.07 Å². The van der Waals surface area contributed by atoms with Crippen LogP contribution in [0, 0.1) is 0 Å². The van der Waals surface area contributed by atoms with E-state index in [1.807, 2.05) is 0 Å². The van der Waals surface area contributed by atoms with Gasteiger partial charge >= 0.3 is 6.02 Å². The van der Waals surface area contributed by atoms with Gasteiger partial charge in [-0.1, -0.05) is 24.3 Å². The molecule has 0 saturated heterocycles. The molecule has 0 heterocycles. The highest BCUT2D eigenvalue weighted by molar-refractivity contribution is 7.89. The third-order valence-electron chi connectivity index (χ3n) is 2.60. The number of nitrogens with two attached hydrogens (primary N) is 1. The third kappa shape index (κ3) is 5.44. The van der Waals surface area contributed by atoms with Crippen LogP contribution < -0.4 is 15.8 Å². The maximum Gasteiger partial charge on any atom is 0.310 e. The zero-order valence-electron chi connectivity index (χ0n) is 12.3. The van der Waals surface area contributed by atoms with E-state index in [0.29, 0.717) is 11.4 Å². The van der Waals surface area contributed by atoms with E-state index < -0.39 is 15.9 Å². The number of ether oxygens (including phenoxy) is 1. The van der Waals surface area contributed by atoms with E-state index in [-0.39, 0.29) is 11.6 Å². The molecule has 2 rings (SSSR count). The van der Waals surface area contributed by atoms with E-state index >= 15 is 0 Å². The number of primary amides is 1. The molecule has 0 bridgehead atoms. The second kappa shape index (κ2) is 6.93. The highest BCUT2D eigenvalue weighted by Crippen LogP contribution is 2.14. The first-order chi connectivity index (χ1) is 10.8. The Morgan fingerprint density at radius 1 is 1.13 bits per heavy atom. The lowest BCUT2D eigenvalue weighted by Gasteiger charge is -2.11. The van der Waals surface area contributed by atoms with Gasteiger partial charge in [0.1, 0.15) is 5.75 Å². The van der Waals surface area contributed by atoms with E-state index in [0.717, 1.165) is 6.26 Å². The molecule has 2 aromatic rings. The quantitative estimate of drug-likeness (QED) is 0.652. The molecule has 0 unspecified atom stereocenters. The van der Waals surface area contributed by atoms with Crippen molar-refractivity contribution in [1.29, 1.82) is 0 Å². The van der Waals surface area contributed by atoms with E-state index in [9.17, 15) is 13.2 Å². The first kappa shape index (κ1) is 16.5. The Hall–Kier alpha value is -2.87. The molecule has 2 aromatic carbocycles. The van der Waals surface area contributed by atoms with Gasteiger partial charge in [-0.25, -0.2) is 8.42 Å². The molecule has 0 fully saturated rings. The molecule has 8 heteroatoms. The number of nitrogens with zero attached hydrogens (tertiary/aromatic N) is 1. The van der Waals surface area contributed by atoms with Crippen LogP contribution in [-0.2, 0) is 10.0 Å². The Balaban J connectivity index is 2.30. The minimum Gasteiger partial charge on any atom is -0.425 e. The number of sulfonamides is 1. The van der Waals surface area contributed by atoms with Crippen LogP contribution in [0.1, 0.15) is 10.4 Å². The summed E-state index contributed by atoms with van der Waals surface area (Å²) in [6.45, 7) is 0. The van der Waals surface area contributed by atoms with Crippen LogP contribution in [0.2, 0.25) is 0 Å². The number of para-hydroxylation sites is 1.